The summed E-state index contributed by atoms with van der Waals surface area (Å²) in [5, 5.41) is 8.69. The lowest BCUT2D eigenvalue weighted by Gasteiger charge is -2.10. The summed E-state index contributed by atoms with van der Waals surface area (Å²) in [4.78, 5) is 10.4. The molecule has 15 heavy (non-hydrogen) atoms. The fourth-order valence-corrected chi connectivity index (χ4v) is 1.54. The molecule has 1 rings (SSSR count). The summed E-state index contributed by atoms with van der Waals surface area (Å²) in [5.74, 6) is -1.60. The van der Waals surface area contributed by atoms with Crippen LogP contribution in [0.3, 0.4) is 0 Å². The first-order chi connectivity index (χ1) is 6.91. The van der Waals surface area contributed by atoms with Gasteiger partial charge in [0.05, 0.1) is 15.9 Å². The van der Waals surface area contributed by atoms with Gasteiger partial charge in [-0.3, -0.25) is 4.79 Å². The number of nitrogens with two attached hydrogens (primary N) is 1. The Morgan fingerprint density at radius 1 is 1.67 bits per heavy atom. The molecule has 0 amide bonds. The molecule has 0 spiro atoms. The quantitative estimate of drug-likeness (QED) is 0.843. The van der Waals surface area contributed by atoms with E-state index in [9.17, 15) is 9.18 Å². The highest BCUT2D eigenvalue weighted by Gasteiger charge is 2.14. The second-order valence-electron chi connectivity index (χ2n) is 3.00. The molecule has 0 aliphatic carbocycles. The third kappa shape index (κ3) is 3.15. The molecule has 0 aliphatic heterocycles. The lowest BCUT2D eigenvalue weighted by molar-refractivity contribution is -0.137. The monoisotopic (exact) mass is 295 g/mol. The number of carbonyl (C=O) groups is 1. The van der Waals surface area contributed by atoms with Crippen LogP contribution < -0.4 is 5.73 Å². The Hall–Kier alpha value is -0.650. The van der Waals surface area contributed by atoms with Gasteiger partial charge in [0.15, 0.2) is 0 Å². The molecule has 0 saturated heterocycles. The molecule has 0 saturated carbocycles. The van der Waals surface area contributed by atoms with Crippen LogP contribution in [0.4, 0.5) is 4.39 Å². The predicted octanol–water partition coefficient (Wildman–Crippen LogP) is 2.72. The van der Waals surface area contributed by atoms with Crippen molar-refractivity contribution in [3.05, 3.63) is 33.0 Å². The van der Waals surface area contributed by atoms with E-state index >= 15 is 0 Å². The standard InChI is InChI=1S/C9H8BrClFNO2/c10-9-5(11)1-4(2-6(9)12)7(13)3-8(14)15/h1-2,7H,3,13H2,(H,14,15). The number of hydrogen-bond donors (Lipinski definition) is 2. The van der Waals surface area contributed by atoms with Crippen LogP contribution in [0.5, 0.6) is 0 Å². The summed E-state index contributed by atoms with van der Waals surface area (Å²) in [5.41, 5.74) is 5.93. The molecule has 0 radical (unpaired) electrons. The molecule has 0 heterocycles. The molecule has 82 valence electrons. The maximum Gasteiger partial charge on any atom is 0.305 e. The smallest absolute Gasteiger partial charge is 0.305 e. The molecule has 1 unspecified atom stereocenters. The number of benzene rings is 1. The Balaban J connectivity index is 3.00. The van der Waals surface area contributed by atoms with E-state index in [0.29, 0.717) is 5.56 Å². The van der Waals surface area contributed by atoms with Gasteiger partial charge in [-0.25, -0.2) is 4.39 Å². The highest BCUT2D eigenvalue weighted by molar-refractivity contribution is 9.10. The Bertz CT molecular complexity index is 377. The first-order valence-electron chi connectivity index (χ1n) is 4.03. The molecule has 0 aromatic heterocycles. The van der Waals surface area contributed by atoms with Crippen molar-refractivity contribution in [3.8, 4) is 0 Å². The van der Waals surface area contributed by atoms with Crippen LogP contribution >= 0.6 is 27.5 Å². The minimum atomic E-state index is -1.04. The van der Waals surface area contributed by atoms with Crippen LogP contribution in [0.15, 0.2) is 16.6 Å². The van der Waals surface area contributed by atoms with Crippen LogP contribution in [-0.4, -0.2) is 11.1 Å². The predicted molar refractivity (Wildman–Crippen MR) is 58.3 cm³/mol. The summed E-state index contributed by atoms with van der Waals surface area (Å²) in [6.45, 7) is 0. The number of halogens is 3. The molecule has 0 bridgehead atoms. The van der Waals surface area contributed by atoms with E-state index in [2.05, 4.69) is 15.9 Å². The van der Waals surface area contributed by atoms with E-state index in [0.717, 1.165) is 0 Å². The van der Waals surface area contributed by atoms with Crippen molar-refractivity contribution in [2.45, 2.75) is 12.5 Å². The van der Waals surface area contributed by atoms with E-state index in [-0.39, 0.29) is 15.9 Å². The van der Waals surface area contributed by atoms with E-state index in [1.54, 1.807) is 0 Å². The van der Waals surface area contributed by atoms with E-state index in [1.165, 1.54) is 12.1 Å². The lowest BCUT2D eigenvalue weighted by atomic mass is 10.0. The summed E-state index contributed by atoms with van der Waals surface area (Å²) in [7, 11) is 0. The Labute approximate surface area is 99.2 Å². The maximum atomic E-state index is 13.2. The summed E-state index contributed by atoms with van der Waals surface area (Å²) >= 11 is 8.66. The molecule has 0 fully saturated rings. The van der Waals surface area contributed by atoms with Crippen molar-refractivity contribution < 1.29 is 14.3 Å². The van der Waals surface area contributed by atoms with Gasteiger partial charge < -0.3 is 10.8 Å². The molecule has 1 atom stereocenters. The van der Waals surface area contributed by atoms with Gasteiger partial charge in [0, 0.05) is 6.04 Å². The topological polar surface area (TPSA) is 63.3 Å². The van der Waals surface area contributed by atoms with Crippen molar-refractivity contribution in [2.75, 3.05) is 0 Å². The van der Waals surface area contributed by atoms with E-state index in [1.807, 2.05) is 0 Å². The summed E-state index contributed by atoms with van der Waals surface area (Å²) < 4.78 is 13.4. The van der Waals surface area contributed by atoms with Crippen molar-refractivity contribution in [1.82, 2.24) is 0 Å². The molecular formula is C9H8BrClFNO2. The average Bonchev–Trinajstić information content (AvgIpc) is 2.12. The fraction of sp³-hybridized carbons (Fsp3) is 0.222. The van der Waals surface area contributed by atoms with Crippen LogP contribution in [-0.2, 0) is 4.79 Å². The summed E-state index contributed by atoms with van der Waals surface area (Å²) in [6, 6.07) is 1.86. The van der Waals surface area contributed by atoms with Gasteiger partial charge in [0.25, 0.3) is 0 Å². The number of rotatable bonds is 3. The zero-order chi connectivity index (χ0) is 11.6. The zero-order valence-electron chi connectivity index (χ0n) is 7.51. The molecular weight excluding hydrogens is 288 g/mol. The molecule has 1 aromatic carbocycles. The highest BCUT2D eigenvalue weighted by Crippen LogP contribution is 2.29. The van der Waals surface area contributed by atoms with Crippen molar-refractivity contribution in [2.24, 2.45) is 5.73 Å². The Kier molecular flexibility index (Phi) is 4.07. The van der Waals surface area contributed by atoms with E-state index < -0.39 is 17.8 Å². The second-order valence-corrected chi connectivity index (χ2v) is 4.20. The minimum absolute atomic E-state index is 0.149. The van der Waals surface area contributed by atoms with Gasteiger partial charge in [-0.15, -0.1) is 0 Å². The number of hydrogen-bond acceptors (Lipinski definition) is 2. The first-order valence-corrected chi connectivity index (χ1v) is 5.20. The number of aliphatic carboxylic acids is 1. The van der Waals surface area contributed by atoms with Crippen LogP contribution in [0.2, 0.25) is 5.02 Å². The minimum Gasteiger partial charge on any atom is -0.481 e. The van der Waals surface area contributed by atoms with Crippen LogP contribution in [0.25, 0.3) is 0 Å². The third-order valence-corrected chi connectivity index (χ3v) is 3.16. The SMILES string of the molecule is NC(CC(=O)O)c1cc(F)c(Br)c(Cl)c1. The largest absolute Gasteiger partial charge is 0.481 e. The highest BCUT2D eigenvalue weighted by atomic mass is 79.9. The van der Waals surface area contributed by atoms with Crippen molar-refractivity contribution in [1.29, 1.82) is 0 Å². The number of carboxylic acids is 1. The Morgan fingerprint density at radius 2 is 2.27 bits per heavy atom. The normalized spacial score (nSPS) is 12.5. The average molecular weight is 297 g/mol. The molecule has 6 heteroatoms. The van der Waals surface area contributed by atoms with Crippen molar-refractivity contribution in [3.63, 3.8) is 0 Å². The van der Waals surface area contributed by atoms with Crippen LogP contribution in [0.1, 0.15) is 18.0 Å². The molecule has 3 nitrogen and oxygen atoms in total. The maximum absolute atomic E-state index is 13.2. The lowest BCUT2D eigenvalue weighted by Crippen LogP contribution is -2.15. The fourth-order valence-electron chi connectivity index (χ4n) is 1.10. The van der Waals surface area contributed by atoms with Gasteiger partial charge >= 0.3 is 5.97 Å². The second kappa shape index (κ2) is 4.92. The molecule has 1 aromatic rings. The Morgan fingerprint density at radius 3 is 2.73 bits per heavy atom. The number of carboxylic acid groups (broad SMARTS) is 1. The van der Waals surface area contributed by atoms with Gasteiger partial charge in [0.2, 0.25) is 0 Å². The van der Waals surface area contributed by atoms with Gasteiger partial charge in [-0.2, -0.15) is 0 Å². The van der Waals surface area contributed by atoms with Gasteiger partial charge in [-0.05, 0) is 33.6 Å². The first kappa shape index (κ1) is 12.4. The zero-order valence-corrected chi connectivity index (χ0v) is 9.85. The van der Waals surface area contributed by atoms with Gasteiger partial charge in [-0.1, -0.05) is 11.6 Å². The third-order valence-electron chi connectivity index (χ3n) is 1.83. The summed E-state index contributed by atoms with van der Waals surface area (Å²) in [6.07, 6.45) is -0.266. The molecule has 3 N–H and O–H groups in total. The van der Waals surface area contributed by atoms with Crippen LogP contribution in [0, 0.1) is 5.82 Å². The van der Waals surface area contributed by atoms with Crippen molar-refractivity contribution >= 4 is 33.5 Å². The van der Waals surface area contributed by atoms with E-state index in [4.69, 9.17) is 22.4 Å². The molecule has 0 aliphatic rings. The van der Waals surface area contributed by atoms with Gasteiger partial charge in [0.1, 0.15) is 5.82 Å².